The van der Waals surface area contributed by atoms with E-state index in [-0.39, 0.29) is 17.5 Å². The second-order valence-corrected chi connectivity index (χ2v) is 9.52. The molecular weight excluding hydrogens is 374 g/mol. The Bertz CT molecular complexity index is 770. The summed E-state index contributed by atoms with van der Waals surface area (Å²) in [5.41, 5.74) is 2.03. The van der Waals surface area contributed by atoms with Crippen LogP contribution >= 0.6 is 34.7 Å². The van der Waals surface area contributed by atoms with Gasteiger partial charge in [0.05, 0.1) is 23.3 Å². The Hall–Kier alpha value is -1.24. The number of nitrogens with one attached hydrogen (secondary N) is 2. The first-order valence-electron chi connectivity index (χ1n) is 8.24. The molecule has 2 amide bonds. The van der Waals surface area contributed by atoms with E-state index in [0.717, 1.165) is 28.4 Å². The van der Waals surface area contributed by atoms with Crippen LogP contribution < -0.4 is 10.6 Å². The number of rotatable bonds is 3. The molecule has 2 heterocycles. The molecule has 25 heavy (non-hydrogen) atoms. The topological polar surface area (TPSA) is 54.0 Å². The zero-order chi connectivity index (χ0) is 18.0. The second-order valence-electron chi connectivity index (χ2n) is 7.09. The van der Waals surface area contributed by atoms with E-state index in [1.165, 1.54) is 4.90 Å². The third kappa shape index (κ3) is 4.68. The van der Waals surface area contributed by atoms with Crippen molar-refractivity contribution in [2.45, 2.75) is 50.1 Å². The number of fused-ring (bicyclic) bond motifs is 1. The van der Waals surface area contributed by atoms with Crippen molar-refractivity contribution < 1.29 is 4.79 Å². The van der Waals surface area contributed by atoms with Crippen molar-refractivity contribution in [3.63, 3.8) is 0 Å². The summed E-state index contributed by atoms with van der Waals surface area (Å²) >= 11 is 9.55. The van der Waals surface area contributed by atoms with Gasteiger partial charge >= 0.3 is 6.03 Å². The number of hydrogen-bond acceptors (Lipinski definition) is 4. The molecule has 1 aliphatic heterocycles. The van der Waals surface area contributed by atoms with Crippen LogP contribution in [0.5, 0.6) is 0 Å². The molecule has 0 saturated carbocycles. The van der Waals surface area contributed by atoms with E-state index in [1.807, 2.05) is 23.6 Å². The molecule has 134 valence electrons. The van der Waals surface area contributed by atoms with Gasteiger partial charge in [-0.2, -0.15) is 0 Å². The first-order chi connectivity index (χ1) is 11.8. The number of urea groups is 1. The predicted molar refractivity (Wildman–Crippen MR) is 106 cm³/mol. The third-order valence-corrected chi connectivity index (χ3v) is 6.61. The third-order valence-electron chi connectivity index (χ3n) is 3.94. The van der Waals surface area contributed by atoms with Crippen LogP contribution in [0, 0.1) is 0 Å². The Morgan fingerprint density at radius 1 is 1.40 bits per heavy atom. The summed E-state index contributed by atoms with van der Waals surface area (Å²) in [5, 5.41) is 9.76. The number of nitrogens with zero attached hydrogens (tertiary/aromatic N) is 1. The monoisotopic (exact) mass is 395 g/mol. The number of halogens is 1. The number of aromatic nitrogens is 1. The largest absolute Gasteiger partial charge is 0.332 e. The van der Waals surface area contributed by atoms with E-state index in [1.54, 1.807) is 23.1 Å². The number of thiazole rings is 1. The van der Waals surface area contributed by atoms with Crippen molar-refractivity contribution in [1.29, 1.82) is 0 Å². The second kappa shape index (κ2) is 7.56. The fraction of sp³-hybridized carbons (Fsp3) is 0.444. The predicted octanol–water partition coefficient (Wildman–Crippen LogP) is 5.13. The van der Waals surface area contributed by atoms with Crippen molar-refractivity contribution in [2.75, 3.05) is 5.75 Å². The van der Waals surface area contributed by atoms with Gasteiger partial charge in [-0.25, -0.2) is 9.78 Å². The van der Waals surface area contributed by atoms with Crippen molar-refractivity contribution in [2.24, 2.45) is 0 Å². The van der Waals surface area contributed by atoms with Crippen LogP contribution in [0.25, 0.3) is 0 Å². The van der Waals surface area contributed by atoms with E-state index in [4.69, 9.17) is 11.6 Å². The maximum Gasteiger partial charge on any atom is 0.315 e. The highest BCUT2D eigenvalue weighted by atomic mass is 35.5. The van der Waals surface area contributed by atoms with E-state index in [2.05, 4.69) is 36.4 Å². The number of amides is 2. The quantitative estimate of drug-likeness (QED) is 0.757. The van der Waals surface area contributed by atoms with Crippen LogP contribution in [-0.4, -0.2) is 16.8 Å². The Kier molecular flexibility index (Phi) is 5.61. The Morgan fingerprint density at radius 2 is 2.20 bits per heavy atom. The van der Waals surface area contributed by atoms with E-state index < -0.39 is 0 Å². The average molecular weight is 396 g/mol. The van der Waals surface area contributed by atoms with Crippen LogP contribution in [0.1, 0.15) is 49.5 Å². The lowest BCUT2D eigenvalue weighted by molar-refractivity contribution is 0.236. The molecule has 2 aromatic rings. The minimum atomic E-state index is -0.173. The Morgan fingerprint density at radius 3 is 2.92 bits per heavy atom. The summed E-state index contributed by atoms with van der Waals surface area (Å²) < 4.78 is 0. The van der Waals surface area contributed by atoms with Crippen molar-refractivity contribution in [3.05, 3.63) is 44.9 Å². The molecule has 0 radical (unpaired) electrons. The molecule has 0 saturated heterocycles. The highest BCUT2D eigenvalue weighted by molar-refractivity contribution is 7.99. The lowest BCUT2D eigenvalue weighted by atomic mass is 9.98. The zero-order valence-electron chi connectivity index (χ0n) is 14.6. The molecule has 1 aromatic carbocycles. The maximum absolute atomic E-state index is 12.3. The number of hydrogen-bond donors (Lipinski definition) is 2. The van der Waals surface area contributed by atoms with Gasteiger partial charge in [-0.1, -0.05) is 32.4 Å². The number of thioether (sulfide) groups is 1. The minimum Gasteiger partial charge on any atom is -0.332 e. The van der Waals surface area contributed by atoms with Gasteiger partial charge < -0.3 is 10.6 Å². The van der Waals surface area contributed by atoms with Crippen LogP contribution in [0.3, 0.4) is 0 Å². The number of carbonyl (C=O) groups is 1. The normalized spacial score (nSPS) is 17.0. The van der Waals surface area contributed by atoms with Crippen molar-refractivity contribution in [1.82, 2.24) is 15.6 Å². The van der Waals surface area contributed by atoms with E-state index in [0.29, 0.717) is 11.6 Å². The summed E-state index contributed by atoms with van der Waals surface area (Å²) in [6, 6.07) is 5.69. The Balaban J connectivity index is 1.59. The summed E-state index contributed by atoms with van der Waals surface area (Å²) in [6.07, 6.45) is 0.899. The molecule has 2 N–H and O–H groups in total. The van der Waals surface area contributed by atoms with E-state index in [9.17, 15) is 4.79 Å². The molecule has 0 aliphatic carbocycles. The van der Waals surface area contributed by atoms with Gasteiger partial charge in [0.2, 0.25) is 0 Å². The van der Waals surface area contributed by atoms with Crippen LogP contribution in [0.15, 0.2) is 28.5 Å². The first kappa shape index (κ1) is 18.5. The molecule has 1 unspecified atom stereocenters. The SMILES string of the molecule is CC(C)(C)c1nc(CNC(=O)NC2CCSc3ccc(Cl)cc32)cs1. The van der Waals surface area contributed by atoms with Gasteiger partial charge in [0.1, 0.15) is 0 Å². The lowest BCUT2D eigenvalue weighted by Crippen LogP contribution is -2.38. The van der Waals surface area contributed by atoms with E-state index >= 15 is 0 Å². The standard InChI is InChI=1S/C18H22ClN3OS2/c1-18(2,3)16-21-12(10-25-16)9-20-17(23)22-14-6-7-24-15-5-4-11(19)8-13(14)15/h4-5,8,10,14H,6-7,9H2,1-3H3,(H2,20,22,23). The van der Waals surface area contributed by atoms with Gasteiger partial charge in [0, 0.05) is 26.5 Å². The number of carbonyl (C=O) groups excluding carboxylic acids is 1. The van der Waals surface area contributed by atoms with Crippen LogP contribution in [0.4, 0.5) is 4.79 Å². The average Bonchev–Trinajstić information content (AvgIpc) is 3.03. The summed E-state index contributed by atoms with van der Waals surface area (Å²) in [5.74, 6) is 0.987. The first-order valence-corrected chi connectivity index (χ1v) is 10.5. The van der Waals surface area contributed by atoms with Crippen LogP contribution in [0.2, 0.25) is 5.02 Å². The molecule has 1 atom stereocenters. The fourth-order valence-electron chi connectivity index (χ4n) is 2.63. The van der Waals surface area contributed by atoms with Crippen LogP contribution in [-0.2, 0) is 12.0 Å². The molecule has 0 bridgehead atoms. The van der Waals surface area contributed by atoms with Crippen molar-refractivity contribution in [3.8, 4) is 0 Å². The zero-order valence-corrected chi connectivity index (χ0v) is 16.9. The molecular formula is C18H22ClN3OS2. The van der Waals surface area contributed by atoms with Gasteiger partial charge in [-0.15, -0.1) is 23.1 Å². The minimum absolute atomic E-state index is 0.00415. The summed E-state index contributed by atoms with van der Waals surface area (Å²) in [4.78, 5) is 18.1. The van der Waals surface area contributed by atoms with Gasteiger partial charge in [-0.3, -0.25) is 0 Å². The lowest BCUT2D eigenvalue weighted by Gasteiger charge is -2.26. The molecule has 3 rings (SSSR count). The molecule has 4 nitrogen and oxygen atoms in total. The van der Waals surface area contributed by atoms with Gasteiger partial charge in [-0.05, 0) is 30.2 Å². The van der Waals surface area contributed by atoms with Gasteiger partial charge in [0.25, 0.3) is 0 Å². The Labute approximate surface area is 161 Å². The van der Waals surface area contributed by atoms with Gasteiger partial charge in [0.15, 0.2) is 0 Å². The molecule has 7 heteroatoms. The van der Waals surface area contributed by atoms with Crippen molar-refractivity contribution >= 4 is 40.7 Å². The summed E-state index contributed by atoms with van der Waals surface area (Å²) in [7, 11) is 0. The highest BCUT2D eigenvalue weighted by Crippen LogP contribution is 2.37. The summed E-state index contributed by atoms with van der Waals surface area (Å²) in [6.45, 7) is 6.85. The molecule has 0 fully saturated rings. The maximum atomic E-state index is 12.3. The number of benzene rings is 1. The molecule has 0 spiro atoms. The fourth-order valence-corrected chi connectivity index (χ4v) is 4.82. The molecule has 1 aliphatic rings. The molecule has 1 aromatic heterocycles. The highest BCUT2D eigenvalue weighted by Gasteiger charge is 2.23. The smallest absolute Gasteiger partial charge is 0.315 e.